The van der Waals surface area contributed by atoms with Gasteiger partial charge in [-0.1, -0.05) is 6.92 Å². The summed E-state index contributed by atoms with van der Waals surface area (Å²) in [6.45, 7) is 2.67. The maximum Gasteiger partial charge on any atom is 0.401 e. The molecule has 90 valence electrons. The smallest absolute Gasteiger partial charge is 0.312 e. The molecule has 1 rings (SSSR count). The van der Waals surface area contributed by atoms with Gasteiger partial charge >= 0.3 is 6.18 Å². The van der Waals surface area contributed by atoms with Gasteiger partial charge in [-0.3, -0.25) is 4.90 Å². The largest absolute Gasteiger partial charge is 0.401 e. The molecule has 0 bridgehead atoms. The molecular weight excluding hydrogens is 205 g/mol. The minimum Gasteiger partial charge on any atom is -0.312 e. The molecule has 0 aromatic heterocycles. The first-order chi connectivity index (χ1) is 6.88. The molecule has 0 radical (unpaired) electrons. The van der Waals surface area contributed by atoms with Crippen LogP contribution >= 0.6 is 0 Å². The zero-order chi connectivity index (χ0) is 11.5. The summed E-state index contributed by atoms with van der Waals surface area (Å²) in [6, 6.07) is 0.200. The fourth-order valence-corrected chi connectivity index (χ4v) is 2.06. The second-order valence-electron chi connectivity index (χ2n) is 4.49. The van der Waals surface area contributed by atoms with Crippen molar-refractivity contribution < 1.29 is 13.2 Å². The molecule has 0 amide bonds. The van der Waals surface area contributed by atoms with E-state index in [1.807, 2.05) is 0 Å². The minimum absolute atomic E-state index is 0.200. The summed E-state index contributed by atoms with van der Waals surface area (Å²) in [5.41, 5.74) is 0. The van der Waals surface area contributed by atoms with Gasteiger partial charge in [-0.15, -0.1) is 0 Å². The van der Waals surface area contributed by atoms with Gasteiger partial charge in [0, 0.05) is 12.6 Å². The van der Waals surface area contributed by atoms with Crippen LogP contribution in [0.5, 0.6) is 0 Å². The van der Waals surface area contributed by atoms with E-state index in [0.717, 1.165) is 19.4 Å². The summed E-state index contributed by atoms with van der Waals surface area (Å²) in [6.07, 6.45) is -1.86. The Kier molecular flexibility index (Phi) is 4.40. The molecule has 1 aliphatic heterocycles. The number of nitrogens with zero attached hydrogens (tertiary/aromatic N) is 1. The van der Waals surface area contributed by atoms with E-state index in [0.29, 0.717) is 12.5 Å². The Labute approximate surface area is 88.8 Å². The van der Waals surface area contributed by atoms with Gasteiger partial charge in [-0.05, 0) is 32.4 Å². The topological polar surface area (TPSA) is 15.3 Å². The zero-order valence-electron chi connectivity index (χ0n) is 9.27. The third kappa shape index (κ3) is 4.84. The van der Waals surface area contributed by atoms with Crippen molar-refractivity contribution in [3.63, 3.8) is 0 Å². The van der Waals surface area contributed by atoms with E-state index in [9.17, 15) is 13.2 Å². The van der Waals surface area contributed by atoms with Gasteiger partial charge in [0.15, 0.2) is 0 Å². The summed E-state index contributed by atoms with van der Waals surface area (Å²) in [7, 11) is 1.52. The van der Waals surface area contributed by atoms with E-state index in [2.05, 4.69) is 12.2 Å². The van der Waals surface area contributed by atoms with Gasteiger partial charge < -0.3 is 5.32 Å². The van der Waals surface area contributed by atoms with Crippen molar-refractivity contribution in [3.05, 3.63) is 0 Å². The maximum absolute atomic E-state index is 12.1. The first-order valence-electron chi connectivity index (χ1n) is 5.37. The van der Waals surface area contributed by atoms with Gasteiger partial charge in [0.25, 0.3) is 0 Å². The quantitative estimate of drug-likeness (QED) is 0.787. The average Bonchev–Trinajstić information content (AvgIpc) is 2.05. The van der Waals surface area contributed by atoms with Crippen LogP contribution < -0.4 is 5.32 Å². The molecule has 2 nitrogen and oxygen atoms in total. The number of hydrogen-bond donors (Lipinski definition) is 1. The molecule has 1 N–H and O–H groups in total. The minimum atomic E-state index is -4.09. The van der Waals surface area contributed by atoms with Crippen molar-refractivity contribution in [2.24, 2.45) is 5.92 Å². The Hall–Kier alpha value is -0.290. The lowest BCUT2D eigenvalue weighted by atomic mass is 9.92. The third-order valence-electron chi connectivity index (χ3n) is 2.89. The number of halogens is 3. The molecule has 0 aromatic rings. The SMILES string of the molecule is CC1CCCNC1CN(C)CC(F)(F)F. The highest BCUT2D eigenvalue weighted by atomic mass is 19.4. The molecule has 1 saturated heterocycles. The van der Waals surface area contributed by atoms with Crippen LogP contribution in [-0.2, 0) is 0 Å². The summed E-state index contributed by atoms with van der Waals surface area (Å²) < 4.78 is 36.3. The Morgan fingerprint density at radius 2 is 2.07 bits per heavy atom. The van der Waals surface area contributed by atoms with E-state index in [1.165, 1.54) is 11.9 Å². The molecule has 2 atom stereocenters. The molecule has 1 fully saturated rings. The predicted molar refractivity (Wildman–Crippen MR) is 53.7 cm³/mol. The number of hydrogen-bond acceptors (Lipinski definition) is 2. The standard InChI is InChI=1S/C10H19F3N2/c1-8-4-3-5-14-9(8)6-15(2)7-10(11,12)13/h8-9,14H,3-7H2,1-2H3. The van der Waals surface area contributed by atoms with Crippen LogP contribution in [0, 0.1) is 5.92 Å². The van der Waals surface area contributed by atoms with E-state index < -0.39 is 12.7 Å². The number of alkyl halides is 3. The molecule has 15 heavy (non-hydrogen) atoms. The van der Waals surface area contributed by atoms with Crippen LogP contribution in [0.3, 0.4) is 0 Å². The number of nitrogens with one attached hydrogen (secondary N) is 1. The predicted octanol–water partition coefficient (Wildman–Crippen LogP) is 1.87. The number of piperidine rings is 1. The average molecular weight is 224 g/mol. The van der Waals surface area contributed by atoms with Crippen LogP contribution in [0.15, 0.2) is 0 Å². The number of rotatable bonds is 3. The van der Waals surface area contributed by atoms with Gasteiger partial charge in [0.05, 0.1) is 6.54 Å². The molecule has 1 heterocycles. The van der Waals surface area contributed by atoms with Gasteiger partial charge in [-0.25, -0.2) is 0 Å². The molecule has 0 aliphatic carbocycles. The second-order valence-corrected chi connectivity index (χ2v) is 4.49. The van der Waals surface area contributed by atoms with E-state index in [1.54, 1.807) is 0 Å². The normalized spacial score (nSPS) is 28.4. The molecule has 2 unspecified atom stereocenters. The van der Waals surface area contributed by atoms with Crippen molar-refractivity contribution in [2.75, 3.05) is 26.7 Å². The molecule has 0 saturated carbocycles. The first-order valence-corrected chi connectivity index (χ1v) is 5.37. The van der Waals surface area contributed by atoms with Crippen molar-refractivity contribution in [2.45, 2.75) is 32.0 Å². The lowest BCUT2D eigenvalue weighted by Crippen LogP contribution is -2.48. The van der Waals surface area contributed by atoms with Gasteiger partial charge in [0.2, 0.25) is 0 Å². The van der Waals surface area contributed by atoms with Gasteiger partial charge in [-0.2, -0.15) is 13.2 Å². The Morgan fingerprint density at radius 3 is 2.60 bits per heavy atom. The highest BCUT2D eigenvalue weighted by molar-refractivity contribution is 4.81. The van der Waals surface area contributed by atoms with Crippen LogP contribution in [0.1, 0.15) is 19.8 Å². The van der Waals surface area contributed by atoms with E-state index in [-0.39, 0.29) is 6.04 Å². The fraction of sp³-hybridized carbons (Fsp3) is 1.00. The lowest BCUT2D eigenvalue weighted by Gasteiger charge is -2.33. The van der Waals surface area contributed by atoms with Crippen molar-refractivity contribution >= 4 is 0 Å². The molecule has 1 aliphatic rings. The first kappa shape index (κ1) is 12.8. The van der Waals surface area contributed by atoms with Crippen molar-refractivity contribution in [3.8, 4) is 0 Å². The van der Waals surface area contributed by atoms with Crippen LogP contribution in [0.25, 0.3) is 0 Å². The lowest BCUT2D eigenvalue weighted by molar-refractivity contribution is -0.144. The summed E-state index contributed by atoms with van der Waals surface area (Å²) in [4.78, 5) is 1.35. The molecular formula is C10H19F3N2. The van der Waals surface area contributed by atoms with E-state index in [4.69, 9.17) is 0 Å². The summed E-state index contributed by atoms with van der Waals surface area (Å²) >= 11 is 0. The fourth-order valence-electron chi connectivity index (χ4n) is 2.06. The highest BCUT2D eigenvalue weighted by Crippen LogP contribution is 2.19. The third-order valence-corrected chi connectivity index (χ3v) is 2.89. The van der Waals surface area contributed by atoms with Gasteiger partial charge in [0.1, 0.15) is 0 Å². The van der Waals surface area contributed by atoms with E-state index >= 15 is 0 Å². The summed E-state index contributed by atoms with van der Waals surface area (Å²) in [5, 5.41) is 3.28. The van der Waals surface area contributed by atoms with Crippen LogP contribution in [0.4, 0.5) is 13.2 Å². The maximum atomic E-state index is 12.1. The Bertz CT molecular complexity index is 194. The number of likely N-dealkylation sites (N-methyl/N-ethyl adjacent to an activating group) is 1. The molecule has 5 heteroatoms. The monoisotopic (exact) mass is 224 g/mol. The zero-order valence-corrected chi connectivity index (χ0v) is 9.27. The van der Waals surface area contributed by atoms with Crippen LogP contribution in [-0.4, -0.2) is 43.8 Å². The van der Waals surface area contributed by atoms with Crippen molar-refractivity contribution in [1.82, 2.24) is 10.2 Å². The van der Waals surface area contributed by atoms with Crippen LogP contribution in [0.2, 0.25) is 0 Å². The summed E-state index contributed by atoms with van der Waals surface area (Å²) in [5.74, 6) is 0.467. The highest BCUT2D eigenvalue weighted by Gasteiger charge is 2.31. The molecule has 0 aromatic carbocycles. The molecule has 0 spiro atoms. The Balaban J connectivity index is 2.33. The Morgan fingerprint density at radius 1 is 1.40 bits per heavy atom. The van der Waals surface area contributed by atoms with Crippen molar-refractivity contribution in [1.29, 1.82) is 0 Å². The second kappa shape index (κ2) is 5.16.